The van der Waals surface area contributed by atoms with E-state index in [1.165, 1.54) is 32.1 Å². The Morgan fingerprint density at radius 3 is 2.68 bits per heavy atom. The van der Waals surface area contributed by atoms with Crippen molar-refractivity contribution in [1.29, 1.82) is 0 Å². The number of carbonyl (C=O) groups excluding carboxylic acids is 1. The summed E-state index contributed by atoms with van der Waals surface area (Å²) in [4.78, 5) is 11.7. The number of ether oxygens (including phenoxy) is 1. The molecule has 1 fully saturated rings. The minimum Gasteiger partial charge on any atom is -0.462 e. The highest BCUT2D eigenvalue weighted by Crippen LogP contribution is 2.19. The van der Waals surface area contributed by atoms with E-state index in [0.717, 1.165) is 11.3 Å². The topological polar surface area (TPSA) is 50.4 Å². The van der Waals surface area contributed by atoms with Gasteiger partial charge in [-0.3, -0.25) is 0 Å². The zero-order valence-electron chi connectivity index (χ0n) is 13.3. The third-order valence-corrected chi connectivity index (χ3v) is 4.15. The Balaban J connectivity index is 1.94. The van der Waals surface area contributed by atoms with Crippen LogP contribution in [0.4, 0.5) is 5.69 Å². The minimum absolute atomic E-state index is 0.292. The third kappa shape index (κ3) is 4.70. The number of benzene rings is 1. The van der Waals surface area contributed by atoms with Crippen LogP contribution < -0.4 is 10.6 Å². The van der Waals surface area contributed by atoms with Gasteiger partial charge in [0.2, 0.25) is 0 Å². The van der Waals surface area contributed by atoms with Gasteiger partial charge in [-0.05, 0) is 62.7 Å². The van der Waals surface area contributed by atoms with Gasteiger partial charge in [0.25, 0.3) is 0 Å². The maximum absolute atomic E-state index is 11.7. The summed E-state index contributed by atoms with van der Waals surface area (Å²) in [5.41, 5.74) is 2.45. The fourth-order valence-electron chi connectivity index (χ4n) is 2.74. The van der Waals surface area contributed by atoms with Crippen LogP contribution in [0.1, 0.15) is 54.9 Å². The lowest BCUT2D eigenvalue weighted by Crippen LogP contribution is -2.38. The van der Waals surface area contributed by atoms with Gasteiger partial charge in [-0.15, -0.1) is 0 Å². The average Bonchev–Trinajstić information content (AvgIpc) is 2.50. The van der Waals surface area contributed by atoms with Crippen molar-refractivity contribution in [3.63, 3.8) is 0 Å². The van der Waals surface area contributed by atoms with Crippen LogP contribution in [0.5, 0.6) is 0 Å². The maximum atomic E-state index is 11.7. The van der Waals surface area contributed by atoms with Gasteiger partial charge in [-0.2, -0.15) is 0 Å². The summed E-state index contributed by atoms with van der Waals surface area (Å²) in [7, 11) is 0. The van der Waals surface area contributed by atoms with Gasteiger partial charge in [0.1, 0.15) is 0 Å². The van der Waals surface area contributed by atoms with E-state index >= 15 is 0 Å². The van der Waals surface area contributed by atoms with Crippen LogP contribution in [-0.4, -0.2) is 23.7 Å². The number of hydrogen-bond donors (Lipinski definition) is 2. The van der Waals surface area contributed by atoms with E-state index in [1.807, 2.05) is 19.1 Å². The Hall–Kier alpha value is -1.62. The molecule has 22 heavy (non-hydrogen) atoms. The highest BCUT2D eigenvalue weighted by Gasteiger charge is 2.14. The molecule has 0 atom stereocenters. The van der Waals surface area contributed by atoms with Gasteiger partial charge in [-0.1, -0.05) is 19.3 Å². The number of hydrogen-bond acceptors (Lipinski definition) is 3. The molecular weight excluding hydrogens is 296 g/mol. The summed E-state index contributed by atoms with van der Waals surface area (Å²) in [6.07, 6.45) is 6.24. The maximum Gasteiger partial charge on any atom is 0.338 e. The smallest absolute Gasteiger partial charge is 0.338 e. The Bertz CT molecular complexity index is 539. The molecule has 0 amide bonds. The zero-order valence-corrected chi connectivity index (χ0v) is 14.1. The van der Waals surface area contributed by atoms with Crippen molar-refractivity contribution in [3.05, 3.63) is 29.3 Å². The summed E-state index contributed by atoms with van der Waals surface area (Å²) in [5.74, 6) is -0.292. The van der Waals surface area contributed by atoms with Crippen molar-refractivity contribution in [1.82, 2.24) is 5.32 Å². The van der Waals surface area contributed by atoms with E-state index < -0.39 is 0 Å². The molecule has 0 aromatic heterocycles. The number of thiocarbonyl (C=S) groups is 1. The van der Waals surface area contributed by atoms with Crippen LogP contribution in [0.3, 0.4) is 0 Å². The van der Waals surface area contributed by atoms with E-state index in [9.17, 15) is 4.79 Å². The van der Waals surface area contributed by atoms with Crippen LogP contribution in [0.15, 0.2) is 18.2 Å². The van der Waals surface area contributed by atoms with Gasteiger partial charge >= 0.3 is 5.97 Å². The highest BCUT2D eigenvalue weighted by molar-refractivity contribution is 7.80. The lowest BCUT2D eigenvalue weighted by Gasteiger charge is -2.24. The van der Waals surface area contributed by atoms with Crippen molar-refractivity contribution in [2.75, 3.05) is 11.9 Å². The molecule has 1 saturated carbocycles. The second-order valence-corrected chi connectivity index (χ2v) is 6.09. The van der Waals surface area contributed by atoms with Crippen molar-refractivity contribution in [2.45, 2.75) is 52.0 Å². The first-order chi connectivity index (χ1) is 10.6. The molecule has 1 aromatic carbocycles. The molecule has 2 N–H and O–H groups in total. The molecule has 1 aromatic rings. The highest BCUT2D eigenvalue weighted by atomic mass is 32.1. The first kappa shape index (κ1) is 16.7. The van der Waals surface area contributed by atoms with Crippen molar-refractivity contribution in [2.24, 2.45) is 0 Å². The molecule has 0 radical (unpaired) electrons. The summed E-state index contributed by atoms with van der Waals surface area (Å²) >= 11 is 5.39. The molecule has 0 unspecified atom stereocenters. The molecule has 1 aliphatic rings. The Morgan fingerprint density at radius 2 is 2.05 bits per heavy atom. The SMILES string of the molecule is CCOC(=O)c1ccc(NC(=S)NC2CCCCC2)c(C)c1. The van der Waals surface area contributed by atoms with Crippen LogP contribution in [0.25, 0.3) is 0 Å². The van der Waals surface area contributed by atoms with Gasteiger partial charge in [0.05, 0.1) is 12.2 Å². The number of aryl methyl sites for hydroxylation is 1. The zero-order chi connectivity index (χ0) is 15.9. The van der Waals surface area contributed by atoms with Crippen molar-refractivity contribution in [3.8, 4) is 0 Å². The van der Waals surface area contributed by atoms with Crippen LogP contribution in [0, 0.1) is 6.92 Å². The molecule has 4 nitrogen and oxygen atoms in total. The number of rotatable bonds is 4. The Morgan fingerprint density at radius 1 is 1.32 bits per heavy atom. The normalized spacial score (nSPS) is 15.2. The number of anilines is 1. The van der Waals surface area contributed by atoms with E-state index in [0.29, 0.717) is 23.3 Å². The largest absolute Gasteiger partial charge is 0.462 e. The van der Waals surface area contributed by atoms with Crippen molar-refractivity contribution < 1.29 is 9.53 Å². The molecule has 1 aliphatic carbocycles. The predicted molar refractivity (Wildman–Crippen MR) is 93.4 cm³/mol. The standard InChI is InChI=1S/C17H24N2O2S/c1-3-21-16(20)13-9-10-15(12(2)11-13)19-17(22)18-14-7-5-4-6-8-14/h9-11,14H,3-8H2,1-2H3,(H2,18,19,22). The molecule has 0 bridgehead atoms. The summed E-state index contributed by atoms with van der Waals surface area (Å²) in [6.45, 7) is 4.14. The first-order valence-electron chi connectivity index (χ1n) is 7.95. The monoisotopic (exact) mass is 320 g/mol. The molecule has 120 valence electrons. The number of carbonyl (C=O) groups is 1. The quantitative estimate of drug-likeness (QED) is 0.653. The third-order valence-electron chi connectivity index (χ3n) is 3.93. The predicted octanol–water partition coefficient (Wildman–Crippen LogP) is 3.79. The lowest BCUT2D eigenvalue weighted by atomic mass is 9.96. The molecule has 0 saturated heterocycles. The van der Waals surface area contributed by atoms with E-state index in [-0.39, 0.29) is 5.97 Å². The molecule has 5 heteroatoms. The van der Waals surface area contributed by atoms with Crippen LogP contribution >= 0.6 is 12.2 Å². The second kappa shape index (κ2) is 8.13. The number of esters is 1. The Kier molecular flexibility index (Phi) is 6.19. The van der Waals surface area contributed by atoms with Crippen LogP contribution in [-0.2, 0) is 4.74 Å². The summed E-state index contributed by atoms with van der Waals surface area (Å²) < 4.78 is 5.01. The second-order valence-electron chi connectivity index (χ2n) is 5.68. The minimum atomic E-state index is -0.292. The van der Waals surface area contributed by atoms with Crippen molar-refractivity contribution >= 4 is 29.0 Å². The van der Waals surface area contributed by atoms with Gasteiger partial charge in [0, 0.05) is 11.7 Å². The summed E-state index contributed by atoms with van der Waals surface area (Å²) in [6, 6.07) is 5.93. The fourth-order valence-corrected chi connectivity index (χ4v) is 3.01. The van der Waals surface area contributed by atoms with Crippen LogP contribution in [0.2, 0.25) is 0 Å². The fraction of sp³-hybridized carbons (Fsp3) is 0.529. The lowest BCUT2D eigenvalue weighted by molar-refractivity contribution is 0.0526. The van der Waals surface area contributed by atoms with E-state index in [2.05, 4.69) is 10.6 Å². The average molecular weight is 320 g/mol. The van der Waals surface area contributed by atoms with Gasteiger partial charge < -0.3 is 15.4 Å². The van der Waals surface area contributed by atoms with Gasteiger partial charge in [-0.25, -0.2) is 4.79 Å². The number of nitrogens with one attached hydrogen (secondary N) is 2. The van der Waals surface area contributed by atoms with E-state index in [4.69, 9.17) is 17.0 Å². The first-order valence-corrected chi connectivity index (χ1v) is 8.36. The molecular formula is C17H24N2O2S. The molecule has 0 spiro atoms. The Labute approximate surface area is 137 Å². The van der Waals surface area contributed by atoms with Gasteiger partial charge in [0.15, 0.2) is 5.11 Å². The molecule has 2 rings (SSSR count). The summed E-state index contributed by atoms with van der Waals surface area (Å²) in [5, 5.41) is 7.26. The molecule has 0 heterocycles. The molecule has 0 aliphatic heterocycles. The van der Waals surface area contributed by atoms with E-state index in [1.54, 1.807) is 13.0 Å².